The van der Waals surface area contributed by atoms with Crippen LogP contribution in [0.2, 0.25) is 0 Å². The first-order valence-corrected chi connectivity index (χ1v) is 7.87. The number of rotatable bonds is 8. The van der Waals surface area contributed by atoms with Crippen LogP contribution in [-0.2, 0) is 16.6 Å². The van der Waals surface area contributed by atoms with Crippen molar-refractivity contribution in [1.82, 2.24) is 4.72 Å². The summed E-state index contributed by atoms with van der Waals surface area (Å²) >= 11 is 0. The molecule has 0 bridgehead atoms. The van der Waals surface area contributed by atoms with Crippen molar-refractivity contribution >= 4 is 10.0 Å². The Balaban J connectivity index is 2.63. The zero-order valence-electron chi connectivity index (χ0n) is 10.9. The zero-order chi connectivity index (χ0) is 13.4. The van der Waals surface area contributed by atoms with Crippen LogP contribution >= 0.6 is 0 Å². The summed E-state index contributed by atoms with van der Waals surface area (Å²) < 4.78 is 26.8. The molecular formula is C13H22N2O2S. The predicted octanol–water partition coefficient (Wildman–Crippen LogP) is 2.00. The first-order valence-electron chi connectivity index (χ1n) is 6.39. The molecule has 0 unspecified atom stereocenters. The van der Waals surface area contributed by atoms with E-state index in [0.717, 1.165) is 25.7 Å². The SMILES string of the molecule is CCCCCCNS(=O)(=O)c1ccccc1CN. The second-order valence-corrected chi connectivity index (χ2v) is 6.01. The molecule has 18 heavy (non-hydrogen) atoms. The highest BCUT2D eigenvalue weighted by Gasteiger charge is 2.16. The molecule has 0 aliphatic rings. The van der Waals surface area contributed by atoms with E-state index in [0.29, 0.717) is 17.0 Å². The summed E-state index contributed by atoms with van der Waals surface area (Å²) in [6.45, 7) is 2.84. The second-order valence-electron chi connectivity index (χ2n) is 4.27. The molecule has 0 aliphatic carbocycles. The van der Waals surface area contributed by atoms with Gasteiger partial charge in [-0.2, -0.15) is 0 Å². The number of hydrogen-bond acceptors (Lipinski definition) is 3. The summed E-state index contributed by atoms with van der Waals surface area (Å²) in [5, 5.41) is 0. The lowest BCUT2D eigenvalue weighted by atomic mass is 10.2. The minimum atomic E-state index is -3.42. The fourth-order valence-corrected chi connectivity index (χ4v) is 3.09. The lowest BCUT2D eigenvalue weighted by Gasteiger charge is -2.10. The predicted molar refractivity (Wildman–Crippen MR) is 73.7 cm³/mol. The standard InChI is InChI=1S/C13H22N2O2S/c1-2-3-4-7-10-15-18(16,17)13-9-6-5-8-12(13)11-14/h5-6,8-9,15H,2-4,7,10-11,14H2,1H3. The van der Waals surface area contributed by atoms with Gasteiger partial charge in [-0.25, -0.2) is 13.1 Å². The van der Waals surface area contributed by atoms with Gasteiger partial charge in [0.05, 0.1) is 4.90 Å². The molecule has 0 atom stereocenters. The molecule has 1 aromatic carbocycles. The van der Waals surface area contributed by atoms with Crippen LogP contribution in [0.1, 0.15) is 38.2 Å². The number of hydrogen-bond donors (Lipinski definition) is 2. The third-order valence-corrected chi connectivity index (χ3v) is 4.37. The van der Waals surface area contributed by atoms with E-state index in [4.69, 9.17) is 5.73 Å². The normalized spacial score (nSPS) is 11.7. The highest BCUT2D eigenvalue weighted by Crippen LogP contribution is 2.14. The molecule has 1 rings (SSSR count). The van der Waals surface area contributed by atoms with Gasteiger partial charge in [0.15, 0.2) is 0 Å². The van der Waals surface area contributed by atoms with Gasteiger partial charge in [0.2, 0.25) is 10.0 Å². The van der Waals surface area contributed by atoms with Crippen LogP contribution in [0.25, 0.3) is 0 Å². The molecule has 0 saturated heterocycles. The molecule has 0 heterocycles. The summed E-state index contributed by atoms with van der Waals surface area (Å²) in [6.07, 6.45) is 4.21. The first-order chi connectivity index (χ1) is 8.61. The minimum absolute atomic E-state index is 0.229. The molecular weight excluding hydrogens is 248 g/mol. The summed E-state index contributed by atoms with van der Waals surface area (Å²) in [5.74, 6) is 0. The van der Waals surface area contributed by atoms with E-state index in [1.807, 2.05) is 0 Å². The molecule has 102 valence electrons. The number of nitrogens with two attached hydrogens (primary N) is 1. The van der Waals surface area contributed by atoms with Gasteiger partial charge in [-0.15, -0.1) is 0 Å². The fourth-order valence-electron chi connectivity index (χ4n) is 1.77. The van der Waals surface area contributed by atoms with E-state index >= 15 is 0 Å². The Hall–Kier alpha value is -0.910. The molecule has 0 amide bonds. The Morgan fingerprint density at radius 1 is 1.17 bits per heavy atom. The number of nitrogens with one attached hydrogen (secondary N) is 1. The summed E-state index contributed by atoms with van der Waals surface area (Å²) in [6, 6.07) is 6.84. The molecule has 0 spiro atoms. The molecule has 0 aliphatic heterocycles. The summed E-state index contributed by atoms with van der Waals surface area (Å²) in [4.78, 5) is 0.294. The van der Waals surface area contributed by atoms with Gasteiger partial charge in [0.1, 0.15) is 0 Å². The second kappa shape index (κ2) is 7.51. The van der Waals surface area contributed by atoms with Gasteiger partial charge >= 0.3 is 0 Å². The molecule has 0 saturated carbocycles. The summed E-state index contributed by atoms with van der Waals surface area (Å²) in [5.41, 5.74) is 6.20. The molecule has 0 aromatic heterocycles. The Morgan fingerprint density at radius 3 is 2.56 bits per heavy atom. The maximum absolute atomic E-state index is 12.1. The minimum Gasteiger partial charge on any atom is -0.326 e. The largest absolute Gasteiger partial charge is 0.326 e. The number of unbranched alkanes of at least 4 members (excludes halogenated alkanes) is 3. The van der Waals surface area contributed by atoms with Gasteiger partial charge in [-0.3, -0.25) is 0 Å². The molecule has 4 nitrogen and oxygen atoms in total. The van der Waals surface area contributed by atoms with Crippen LogP contribution in [0.5, 0.6) is 0 Å². The van der Waals surface area contributed by atoms with Crippen molar-refractivity contribution in [2.45, 2.75) is 44.0 Å². The van der Waals surface area contributed by atoms with Gasteiger partial charge < -0.3 is 5.73 Å². The van der Waals surface area contributed by atoms with Crippen LogP contribution < -0.4 is 10.5 Å². The third kappa shape index (κ3) is 4.40. The highest BCUT2D eigenvalue weighted by atomic mass is 32.2. The van der Waals surface area contributed by atoms with Crippen LogP contribution in [0.4, 0.5) is 0 Å². The van der Waals surface area contributed by atoms with Crippen LogP contribution in [0.3, 0.4) is 0 Å². The van der Waals surface area contributed by atoms with Crippen molar-refractivity contribution < 1.29 is 8.42 Å². The fraction of sp³-hybridized carbons (Fsp3) is 0.538. The van der Waals surface area contributed by atoms with Crippen molar-refractivity contribution in [3.05, 3.63) is 29.8 Å². The highest BCUT2D eigenvalue weighted by molar-refractivity contribution is 7.89. The molecule has 5 heteroatoms. The van der Waals surface area contributed by atoms with Crippen molar-refractivity contribution in [2.24, 2.45) is 5.73 Å². The van der Waals surface area contributed by atoms with Crippen molar-refractivity contribution in [3.8, 4) is 0 Å². The Bertz CT molecular complexity index is 458. The van der Waals surface area contributed by atoms with Gasteiger partial charge in [-0.1, -0.05) is 44.4 Å². The Morgan fingerprint density at radius 2 is 1.89 bits per heavy atom. The van der Waals surface area contributed by atoms with Crippen molar-refractivity contribution in [2.75, 3.05) is 6.54 Å². The average Bonchev–Trinajstić information content (AvgIpc) is 2.38. The summed E-state index contributed by atoms with van der Waals surface area (Å²) in [7, 11) is -3.42. The van der Waals surface area contributed by atoms with E-state index in [9.17, 15) is 8.42 Å². The van der Waals surface area contributed by atoms with Gasteiger partial charge in [0.25, 0.3) is 0 Å². The van der Waals surface area contributed by atoms with Gasteiger partial charge in [-0.05, 0) is 18.1 Å². The number of benzene rings is 1. The van der Waals surface area contributed by atoms with Crippen molar-refractivity contribution in [3.63, 3.8) is 0 Å². The van der Waals surface area contributed by atoms with E-state index in [2.05, 4.69) is 11.6 Å². The molecule has 3 N–H and O–H groups in total. The molecule has 1 aromatic rings. The quantitative estimate of drug-likeness (QED) is 0.710. The van der Waals surface area contributed by atoms with Crippen molar-refractivity contribution in [1.29, 1.82) is 0 Å². The van der Waals surface area contributed by atoms with E-state index in [1.165, 1.54) is 0 Å². The maximum Gasteiger partial charge on any atom is 0.240 e. The first kappa shape index (κ1) is 15.1. The van der Waals surface area contributed by atoms with Crippen LogP contribution in [0.15, 0.2) is 29.2 Å². The topological polar surface area (TPSA) is 72.2 Å². The molecule has 0 radical (unpaired) electrons. The Labute approximate surface area is 110 Å². The van der Waals surface area contributed by atoms with E-state index in [-0.39, 0.29) is 6.54 Å². The third-order valence-electron chi connectivity index (χ3n) is 2.80. The monoisotopic (exact) mass is 270 g/mol. The maximum atomic E-state index is 12.1. The Kier molecular flexibility index (Phi) is 6.32. The van der Waals surface area contributed by atoms with E-state index in [1.54, 1.807) is 24.3 Å². The number of sulfonamides is 1. The lowest BCUT2D eigenvalue weighted by Crippen LogP contribution is -2.26. The lowest BCUT2D eigenvalue weighted by molar-refractivity contribution is 0.572. The molecule has 0 fully saturated rings. The van der Waals surface area contributed by atoms with Crippen LogP contribution in [-0.4, -0.2) is 15.0 Å². The zero-order valence-corrected chi connectivity index (χ0v) is 11.7. The average molecular weight is 270 g/mol. The smallest absolute Gasteiger partial charge is 0.240 e. The van der Waals surface area contributed by atoms with E-state index < -0.39 is 10.0 Å². The van der Waals surface area contributed by atoms with Gasteiger partial charge in [0, 0.05) is 13.1 Å². The van der Waals surface area contributed by atoms with Crippen LogP contribution in [0, 0.1) is 0 Å².